The molecular weight excluding hydrogens is 548 g/mol. The summed E-state index contributed by atoms with van der Waals surface area (Å²) in [6.07, 6.45) is -5.67. The third-order valence-electron chi connectivity index (χ3n) is 5.82. The molecule has 1 aromatic rings. The fourth-order valence-corrected chi connectivity index (χ4v) is 5.22. The van der Waals surface area contributed by atoms with Crippen molar-refractivity contribution in [2.75, 3.05) is 31.9 Å². The molecule has 2 atom stereocenters. The molecule has 1 aliphatic carbocycles. The van der Waals surface area contributed by atoms with Gasteiger partial charge in [-0.3, -0.25) is 10.1 Å². The summed E-state index contributed by atoms with van der Waals surface area (Å²) in [6.45, 7) is 3.14. The Kier molecular flexibility index (Phi) is 10.7. The molecule has 1 heterocycles. The quantitative estimate of drug-likeness (QED) is 0.336. The largest absolute Gasteiger partial charge is 0.465 e. The number of sulfonamides is 1. The van der Waals surface area contributed by atoms with Crippen LogP contribution in [0.4, 0.5) is 22.4 Å². The maximum Gasteiger partial charge on any atom is 0.407 e. The number of nitrogens with one attached hydrogen (secondary N) is 2. The number of hydrogen-bond donors (Lipinski definition) is 4. The molecule has 2 aliphatic rings. The van der Waals surface area contributed by atoms with Crippen LogP contribution in [0.5, 0.6) is 0 Å². The Bertz CT molecular complexity index is 1140. The number of benzene rings is 1. The van der Waals surface area contributed by atoms with Crippen LogP contribution >= 0.6 is 0 Å². The predicted octanol–water partition coefficient (Wildman–Crippen LogP) is 1.54. The van der Waals surface area contributed by atoms with Crippen molar-refractivity contribution in [1.82, 2.24) is 19.8 Å². The number of hydrogen-bond acceptors (Lipinski definition) is 7. The SMILES string of the molecule is CC(C)N.N#CC1(NC(=O)[C@H](CS(=O)(=O)N2CCN(C(=O)O)CC2)N[C@@H](c2ccc(F)cc2)C(F)(F)F)CC1. The number of amides is 2. The number of carboxylic acid groups (broad SMARTS) is 1. The van der Waals surface area contributed by atoms with E-state index in [0.717, 1.165) is 33.5 Å². The fourth-order valence-electron chi connectivity index (χ4n) is 3.62. The molecule has 16 heteroatoms. The Labute approximate surface area is 224 Å². The van der Waals surface area contributed by atoms with Gasteiger partial charge in [-0.05, 0) is 36.6 Å². The average molecular weight is 581 g/mol. The topological polar surface area (TPSA) is 169 Å². The predicted molar refractivity (Wildman–Crippen MR) is 132 cm³/mol. The van der Waals surface area contributed by atoms with Crippen LogP contribution in [0.3, 0.4) is 0 Å². The molecule has 0 aromatic heterocycles. The molecule has 0 bridgehead atoms. The second-order valence-corrected chi connectivity index (χ2v) is 11.6. The van der Waals surface area contributed by atoms with Crippen LogP contribution in [0.15, 0.2) is 24.3 Å². The highest BCUT2D eigenvalue weighted by molar-refractivity contribution is 7.89. The fraction of sp³-hybridized carbons (Fsp3) is 0.609. The summed E-state index contributed by atoms with van der Waals surface area (Å²) in [5.74, 6) is -2.95. The standard InChI is InChI=1S/C20H23F4N5O5S.C3H9N/c21-14-3-1-13(2-4-14)16(20(22,23)24)26-15(17(30)27-19(12-25)5-6-19)11-35(33,34)29-9-7-28(8-10-29)18(31)32;1-3(2)4/h1-4,15-16,26H,5-11H2,(H,27,30)(H,31,32);3H,4H2,1-2H3/t15-,16-;/m0./s1. The van der Waals surface area contributed by atoms with Crippen molar-refractivity contribution in [1.29, 1.82) is 5.26 Å². The molecule has 0 spiro atoms. The number of halogens is 4. The van der Waals surface area contributed by atoms with Crippen molar-refractivity contribution in [2.24, 2.45) is 5.73 Å². The van der Waals surface area contributed by atoms with Crippen molar-refractivity contribution >= 4 is 22.0 Å². The van der Waals surface area contributed by atoms with Crippen LogP contribution in [0, 0.1) is 17.1 Å². The molecule has 0 radical (unpaired) electrons. The minimum absolute atomic E-state index is 0.142. The first kappa shape index (κ1) is 32.2. The molecule has 0 unspecified atom stereocenters. The van der Waals surface area contributed by atoms with E-state index in [0.29, 0.717) is 6.04 Å². The first-order valence-electron chi connectivity index (χ1n) is 12.0. The highest BCUT2D eigenvalue weighted by Crippen LogP contribution is 2.36. The Morgan fingerprint density at radius 2 is 1.67 bits per heavy atom. The minimum atomic E-state index is -4.97. The number of piperazine rings is 1. The summed E-state index contributed by atoms with van der Waals surface area (Å²) in [7, 11) is -4.32. The van der Waals surface area contributed by atoms with E-state index in [9.17, 15) is 40.8 Å². The third-order valence-corrected chi connectivity index (χ3v) is 7.73. The van der Waals surface area contributed by atoms with E-state index in [2.05, 4.69) is 5.32 Å². The molecule has 218 valence electrons. The van der Waals surface area contributed by atoms with Gasteiger partial charge in [-0.2, -0.15) is 22.7 Å². The zero-order valence-electron chi connectivity index (χ0n) is 21.4. The molecule has 2 fully saturated rings. The Morgan fingerprint density at radius 3 is 2.08 bits per heavy atom. The highest BCUT2D eigenvalue weighted by atomic mass is 32.2. The lowest BCUT2D eigenvalue weighted by Gasteiger charge is -2.34. The van der Waals surface area contributed by atoms with E-state index >= 15 is 0 Å². The normalized spacial score (nSPS) is 18.8. The first-order chi connectivity index (χ1) is 18.0. The lowest BCUT2D eigenvalue weighted by Crippen LogP contribution is -2.57. The number of carbonyl (C=O) groups excluding carboxylic acids is 1. The van der Waals surface area contributed by atoms with E-state index in [4.69, 9.17) is 10.8 Å². The lowest BCUT2D eigenvalue weighted by atomic mass is 10.0. The number of nitrogens with zero attached hydrogens (tertiary/aromatic N) is 3. The van der Waals surface area contributed by atoms with Gasteiger partial charge >= 0.3 is 12.3 Å². The average Bonchev–Trinajstić information content (AvgIpc) is 3.61. The Morgan fingerprint density at radius 1 is 1.15 bits per heavy atom. The van der Waals surface area contributed by atoms with E-state index < -0.39 is 63.0 Å². The van der Waals surface area contributed by atoms with Crippen LogP contribution in [0.1, 0.15) is 38.3 Å². The summed E-state index contributed by atoms with van der Waals surface area (Å²) >= 11 is 0. The molecule has 39 heavy (non-hydrogen) atoms. The van der Waals surface area contributed by atoms with Gasteiger partial charge in [0, 0.05) is 26.2 Å². The molecule has 1 aliphatic heterocycles. The van der Waals surface area contributed by atoms with Gasteiger partial charge in [0.05, 0.1) is 11.8 Å². The second kappa shape index (κ2) is 12.9. The maximum absolute atomic E-state index is 13.9. The maximum atomic E-state index is 13.9. The molecule has 11 nitrogen and oxygen atoms in total. The number of nitrogens with two attached hydrogens (primary N) is 1. The summed E-state index contributed by atoms with van der Waals surface area (Å²) in [6, 6.07) is 1.11. The van der Waals surface area contributed by atoms with Gasteiger partial charge in [0.2, 0.25) is 15.9 Å². The minimum Gasteiger partial charge on any atom is -0.465 e. The molecule has 3 rings (SSSR count). The molecular formula is C23H32F4N6O5S. The van der Waals surface area contributed by atoms with E-state index in [1.54, 1.807) is 0 Å². The summed E-state index contributed by atoms with van der Waals surface area (Å²) in [5.41, 5.74) is 3.41. The van der Waals surface area contributed by atoms with Gasteiger partial charge < -0.3 is 21.1 Å². The molecule has 5 N–H and O–H groups in total. The van der Waals surface area contributed by atoms with Gasteiger partial charge in [-0.15, -0.1) is 0 Å². The number of carbonyl (C=O) groups is 2. The van der Waals surface area contributed by atoms with Crippen LogP contribution in [-0.4, -0.2) is 90.5 Å². The van der Waals surface area contributed by atoms with Crippen molar-refractivity contribution in [3.05, 3.63) is 35.6 Å². The van der Waals surface area contributed by atoms with Crippen molar-refractivity contribution in [3.63, 3.8) is 0 Å². The highest BCUT2D eigenvalue weighted by Gasteiger charge is 2.48. The monoisotopic (exact) mass is 580 g/mol. The summed E-state index contributed by atoms with van der Waals surface area (Å²) in [5, 5.41) is 22.6. The van der Waals surface area contributed by atoms with E-state index in [1.165, 1.54) is 0 Å². The van der Waals surface area contributed by atoms with Crippen LogP contribution < -0.4 is 16.4 Å². The van der Waals surface area contributed by atoms with Crippen LogP contribution in [0.25, 0.3) is 0 Å². The van der Waals surface area contributed by atoms with E-state index in [-0.39, 0.29) is 39.0 Å². The number of alkyl halides is 3. The number of rotatable bonds is 8. The first-order valence-corrected chi connectivity index (χ1v) is 13.6. The molecule has 1 saturated heterocycles. The Balaban J connectivity index is 0.00000124. The van der Waals surface area contributed by atoms with Gasteiger partial charge in [0.15, 0.2) is 0 Å². The van der Waals surface area contributed by atoms with Crippen molar-refractivity contribution in [2.45, 2.75) is 56.5 Å². The van der Waals surface area contributed by atoms with Gasteiger partial charge in [-0.25, -0.2) is 17.6 Å². The van der Waals surface area contributed by atoms with E-state index in [1.807, 2.05) is 25.2 Å². The second-order valence-electron chi connectivity index (χ2n) is 9.62. The van der Waals surface area contributed by atoms with Crippen molar-refractivity contribution < 1.29 is 40.7 Å². The van der Waals surface area contributed by atoms with Gasteiger partial charge in [0.1, 0.15) is 23.4 Å². The third kappa shape index (κ3) is 9.60. The smallest absolute Gasteiger partial charge is 0.407 e. The summed E-state index contributed by atoms with van der Waals surface area (Å²) in [4.78, 5) is 24.9. The zero-order valence-corrected chi connectivity index (χ0v) is 22.2. The van der Waals surface area contributed by atoms with Crippen molar-refractivity contribution in [3.8, 4) is 6.07 Å². The van der Waals surface area contributed by atoms with Crippen LogP contribution in [-0.2, 0) is 14.8 Å². The van der Waals surface area contributed by atoms with Gasteiger partial charge in [-0.1, -0.05) is 26.0 Å². The molecule has 1 aromatic carbocycles. The van der Waals surface area contributed by atoms with Crippen LogP contribution in [0.2, 0.25) is 0 Å². The van der Waals surface area contributed by atoms with Gasteiger partial charge in [0.25, 0.3) is 0 Å². The summed E-state index contributed by atoms with van der Waals surface area (Å²) < 4.78 is 81.8. The molecule has 1 saturated carbocycles. The Hall–Kier alpha value is -3.00. The molecule has 2 amide bonds. The number of nitriles is 1. The lowest BCUT2D eigenvalue weighted by molar-refractivity contribution is -0.160. The zero-order chi connectivity index (χ0) is 29.6.